The summed E-state index contributed by atoms with van der Waals surface area (Å²) in [5.41, 5.74) is 13.4. The van der Waals surface area contributed by atoms with E-state index in [0.29, 0.717) is 0 Å². The van der Waals surface area contributed by atoms with Crippen LogP contribution >= 0.6 is 11.3 Å². The van der Waals surface area contributed by atoms with Crippen LogP contribution in [0.1, 0.15) is 0 Å². The van der Waals surface area contributed by atoms with Gasteiger partial charge >= 0.3 is 0 Å². The second kappa shape index (κ2) is 15.8. The van der Waals surface area contributed by atoms with E-state index in [1.54, 1.807) is 11.3 Å². The Balaban J connectivity index is 1.05. The quantitative estimate of drug-likeness (QED) is 0.136. The molecule has 0 radical (unpaired) electrons. The molecule has 0 aliphatic carbocycles. The van der Waals surface area contributed by atoms with Crippen LogP contribution in [0.5, 0.6) is 0 Å². The zero-order valence-corrected chi connectivity index (χ0v) is 34.1. The molecule has 0 aliphatic heterocycles. The van der Waals surface area contributed by atoms with Gasteiger partial charge < -0.3 is 9.80 Å². The van der Waals surface area contributed by atoms with Crippen LogP contribution in [-0.4, -0.2) is 4.98 Å². The van der Waals surface area contributed by atoms with E-state index in [4.69, 9.17) is 4.98 Å². The van der Waals surface area contributed by atoms with E-state index < -0.39 is 0 Å². The summed E-state index contributed by atoms with van der Waals surface area (Å²) in [7, 11) is 0. The Bertz CT molecular complexity index is 3150. The van der Waals surface area contributed by atoms with Gasteiger partial charge in [-0.3, -0.25) is 0 Å². The SMILES string of the molecule is c1ccc(-c2ccc(N(c3ccc(-c4ccccc4)cc3)c3cccc(-c4nc5c6cc(N(c7ccccc7)c7ccccc7)ccc6c6ccccc6c5s4)c3)cc2)cc1. The van der Waals surface area contributed by atoms with Gasteiger partial charge in [0, 0.05) is 50.5 Å². The average Bonchev–Trinajstić information content (AvgIpc) is 3.80. The Morgan fingerprint density at radius 2 is 0.672 bits per heavy atom. The number of rotatable bonds is 9. The minimum Gasteiger partial charge on any atom is -0.310 e. The molecule has 0 saturated heterocycles. The van der Waals surface area contributed by atoms with Crippen molar-refractivity contribution in [3.8, 4) is 32.8 Å². The second-order valence-electron chi connectivity index (χ2n) is 15.2. The summed E-state index contributed by atoms with van der Waals surface area (Å²) < 4.78 is 1.19. The molecule has 11 rings (SSSR count). The molecule has 0 atom stereocenters. The van der Waals surface area contributed by atoms with Crippen molar-refractivity contribution in [2.75, 3.05) is 9.80 Å². The van der Waals surface area contributed by atoms with Crippen LogP contribution in [0.2, 0.25) is 0 Å². The van der Waals surface area contributed by atoms with E-state index in [1.165, 1.54) is 43.1 Å². The lowest BCUT2D eigenvalue weighted by Gasteiger charge is -2.26. The molecule has 11 aromatic rings. The molecule has 0 fully saturated rings. The predicted octanol–water partition coefficient (Wildman–Crippen LogP) is 16.5. The number of benzene rings is 10. The smallest absolute Gasteiger partial charge is 0.124 e. The lowest BCUT2D eigenvalue weighted by atomic mass is 10.00. The number of hydrogen-bond acceptors (Lipinski definition) is 4. The van der Waals surface area contributed by atoms with Gasteiger partial charge in [0.15, 0.2) is 0 Å². The molecule has 1 heterocycles. The molecule has 4 heteroatoms. The highest BCUT2D eigenvalue weighted by atomic mass is 32.1. The molecule has 0 aliphatic rings. The van der Waals surface area contributed by atoms with Crippen LogP contribution in [0.3, 0.4) is 0 Å². The van der Waals surface area contributed by atoms with Gasteiger partial charge in [-0.2, -0.15) is 0 Å². The fourth-order valence-electron chi connectivity index (χ4n) is 8.52. The third kappa shape index (κ3) is 6.89. The van der Waals surface area contributed by atoms with Crippen molar-refractivity contribution in [3.05, 3.63) is 237 Å². The Hall–Kier alpha value is -7.79. The summed E-state index contributed by atoms with van der Waals surface area (Å²) in [5.74, 6) is 0. The minimum absolute atomic E-state index is 0.988. The highest BCUT2D eigenvalue weighted by Gasteiger charge is 2.20. The van der Waals surface area contributed by atoms with E-state index in [2.05, 4.69) is 246 Å². The first-order valence-electron chi connectivity index (χ1n) is 20.6. The van der Waals surface area contributed by atoms with Crippen LogP contribution < -0.4 is 9.80 Å². The molecule has 1 aromatic heterocycles. The molecule has 0 spiro atoms. The monoisotopic (exact) mass is 797 g/mol. The van der Waals surface area contributed by atoms with Crippen LogP contribution in [0.25, 0.3) is 64.6 Å². The van der Waals surface area contributed by atoms with Crippen molar-refractivity contribution in [1.82, 2.24) is 4.98 Å². The van der Waals surface area contributed by atoms with Gasteiger partial charge in [-0.15, -0.1) is 11.3 Å². The summed E-state index contributed by atoms with van der Waals surface area (Å²) in [6, 6.07) is 84.5. The van der Waals surface area contributed by atoms with E-state index in [9.17, 15) is 0 Å². The minimum atomic E-state index is 0.988. The summed E-state index contributed by atoms with van der Waals surface area (Å²) in [4.78, 5) is 10.2. The predicted molar refractivity (Wildman–Crippen MR) is 260 cm³/mol. The largest absolute Gasteiger partial charge is 0.310 e. The topological polar surface area (TPSA) is 19.4 Å². The Morgan fingerprint density at radius 3 is 1.23 bits per heavy atom. The zero-order chi connectivity index (χ0) is 40.5. The van der Waals surface area contributed by atoms with E-state index in [0.717, 1.165) is 55.6 Å². The Labute approximate surface area is 359 Å². The first-order chi connectivity index (χ1) is 30.2. The zero-order valence-electron chi connectivity index (χ0n) is 33.3. The van der Waals surface area contributed by atoms with Gasteiger partial charge in [0.05, 0.1) is 10.2 Å². The Kier molecular flexibility index (Phi) is 9.38. The molecule has 0 bridgehead atoms. The fourth-order valence-corrected chi connectivity index (χ4v) is 9.64. The van der Waals surface area contributed by atoms with E-state index in [1.807, 2.05) is 0 Å². The van der Waals surface area contributed by atoms with E-state index >= 15 is 0 Å². The maximum Gasteiger partial charge on any atom is 0.124 e. The summed E-state index contributed by atoms with van der Waals surface area (Å²) in [6.07, 6.45) is 0. The van der Waals surface area contributed by atoms with Gasteiger partial charge in [0.25, 0.3) is 0 Å². The van der Waals surface area contributed by atoms with Crippen LogP contribution in [0.15, 0.2) is 237 Å². The number of anilines is 6. The van der Waals surface area contributed by atoms with Gasteiger partial charge in [-0.1, -0.05) is 164 Å². The summed E-state index contributed by atoms with van der Waals surface area (Å²) >= 11 is 1.77. The van der Waals surface area contributed by atoms with Crippen LogP contribution in [0, 0.1) is 0 Å². The lowest BCUT2D eigenvalue weighted by molar-refractivity contribution is 1.28. The molecule has 0 unspecified atom stereocenters. The molecule has 10 aromatic carbocycles. The second-order valence-corrected chi connectivity index (χ2v) is 16.2. The van der Waals surface area contributed by atoms with Gasteiger partial charge in [-0.05, 0) is 106 Å². The summed E-state index contributed by atoms with van der Waals surface area (Å²) in [5, 5.41) is 5.78. The molecule has 61 heavy (non-hydrogen) atoms. The first-order valence-corrected chi connectivity index (χ1v) is 21.4. The first kappa shape index (κ1) is 36.3. The van der Waals surface area contributed by atoms with Crippen molar-refractivity contribution < 1.29 is 0 Å². The highest BCUT2D eigenvalue weighted by molar-refractivity contribution is 7.22. The van der Waals surface area contributed by atoms with Crippen molar-refractivity contribution in [2.24, 2.45) is 0 Å². The third-order valence-corrected chi connectivity index (χ3v) is 12.6. The molecule has 0 N–H and O–H groups in total. The van der Waals surface area contributed by atoms with Crippen molar-refractivity contribution >= 4 is 77.2 Å². The number of fused-ring (bicyclic) bond motifs is 6. The van der Waals surface area contributed by atoms with E-state index in [-0.39, 0.29) is 0 Å². The fraction of sp³-hybridized carbons (Fsp3) is 0. The van der Waals surface area contributed by atoms with Crippen molar-refractivity contribution in [3.63, 3.8) is 0 Å². The molecular weight excluding hydrogens is 759 g/mol. The summed E-state index contributed by atoms with van der Waals surface area (Å²) in [6.45, 7) is 0. The normalized spacial score (nSPS) is 11.3. The number of hydrogen-bond donors (Lipinski definition) is 0. The lowest BCUT2D eigenvalue weighted by Crippen LogP contribution is -2.10. The standard InChI is InChI=1S/C57H39N3S/c1-5-16-40(17-6-1)42-28-32-47(33-29-42)60(48-34-30-43(31-35-48)41-18-7-2-8-19-41)49-25-15-20-44(38-49)57-58-55-54-39-50(36-37-52(54)51-26-13-14-27-53(51)56(55)61-57)59(45-21-9-3-10-22-45)46-23-11-4-12-24-46/h1-39H. The van der Waals surface area contributed by atoms with Crippen molar-refractivity contribution in [1.29, 1.82) is 0 Å². The van der Waals surface area contributed by atoms with Crippen molar-refractivity contribution in [2.45, 2.75) is 0 Å². The maximum atomic E-state index is 5.52. The van der Waals surface area contributed by atoms with Gasteiger partial charge in [0.1, 0.15) is 5.01 Å². The highest BCUT2D eigenvalue weighted by Crippen LogP contribution is 2.45. The molecular formula is C57H39N3S. The molecule has 3 nitrogen and oxygen atoms in total. The maximum absolute atomic E-state index is 5.52. The van der Waals surface area contributed by atoms with Crippen LogP contribution in [0.4, 0.5) is 34.1 Å². The molecule has 288 valence electrons. The molecule has 0 saturated carbocycles. The number of nitrogens with zero attached hydrogens (tertiary/aromatic N) is 3. The third-order valence-electron chi connectivity index (χ3n) is 11.5. The van der Waals surface area contributed by atoms with Gasteiger partial charge in [0.2, 0.25) is 0 Å². The number of aromatic nitrogens is 1. The molecule has 0 amide bonds. The number of para-hydroxylation sites is 2. The Morgan fingerprint density at radius 1 is 0.279 bits per heavy atom. The van der Waals surface area contributed by atoms with Gasteiger partial charge in [-0.25, -0.2) is 4.98 Å². The average molecular weight is 798 g/mol. The number of thiazole rings is 1. The van der Waals surface area contributed by atoms with Crippen LogP contribution in [-0.2, 0) is 0 Å².